The van der Waals surface area contributed by atoms with Crippen LogP contribution in [-0.4, -0.2) is 17.5 Å². The molecule has 0 aliphatic rings. The van der Waals surface area contributed by atoms with Gasteiger partial charge in [0.05, 0.1) is 16.1 Å². The fourth-order valence-corrected chi connectivity index (χ4v) is 4.93. The van der Waals surface area contributed by atoms with Crippen molar-refractivity contribution < 1.29 is 13.5 Å². The molecule has 5 heteroatoms. The van der Waals surface area contributed by atoms with E-state index in [-0.39, 0.29) is 4.90 Å². The zero-order valence-electron chi connectivity index (χ0n) is 15.4. The molecule has 0 aliphatic carbocycles. The summed E-state index contributed by atoms with van der Waals surface area (Å²) in [6, 6.07) is 14.0. The third-order valence-corrected chi connectivity index (χ3v) is 6.13. The Labute approximate surface area is 154 Å². The number of aryl methyl sites for hydroxylation is 1. The molecule has 2 aromatic carbocycles. The summed E-state index contributed by atoms with van der Waals surface area (Å²) in [6.45, 7) is 10.9. The van der Waals surface area contributed by atoms with E-state index in [4.69, 9.17) is 0 Å². The highest BCUT2D eigenvalue weighted by Gasteiger charge is 2.34. The summed E-state index contributed by atoms with van der Waals surface area (Å²) in [7, 11) is -3.89. The third-order valence-electron chi connectivity index (χ3n) is 4.40. The molecule has 0 radical (unpaired) electrons. The first-order valence-electron chi connectivity index (χ1n) is 8.39. The molecule has 0 aliphatic heterocycles. The highest BCUT2D eigenvalue weighted by atomic mass is 32.2. The molecule has 4 nitrogen and oxygen atoms in total. The van der Waals surface area contributed by atoms with Crippen LogP contribution in [0.4, 0.5) is 0 Å². The van der Waals surface area contributed by atoms with Crippen LogP contribution in [0.3, 0.4) is 0 Å². The number of fused-ring (bicyclic) bond motifs is 1. The Hall–Kier alpha value is -2.37. The van der Waals surface area contributed by atoms with Crippen molar-refractivity contribution in [2.45, 2.75) is 38.2 Å². The van der Waals surface area contributed by atoms with Crippen LogP contribution in [0.1, 0.15) is 37.6 Å². The van der Waals surface area contributed by atoms with Gasteiger partial charge in [-0.15, -0.1) is 0 Å². The van der Waals surface area contributed by atoms with Gasteiger partial charge in [0.2, 0.25) is 0 Å². The molecule has 0 spiro atoms. The third kappa shape index (κ3) is 2.87. The number of aliphatic hydroxyl groups is 1. The first-order chi connectivity index (χ1) is 12.0. The van der Waals surface area contributed by atoms with Gasteiger partial charge in [-0.05, 0) is 51.5 Å². The minimum Gasteiger partial charge on any atom is -0.384 e. The Balaban J connectivity index is 2.50. The van der Waals surface area contributed by atoms with E-state index < -0.39 is 15.6 Å². The number of nitrogens with zero attached hydrogens (tertiary/aromatic N) is 1. The van der Waals surface area contributed by atoms with E-state index >= 15 is 0 Å². The molecule has 0 saturated carbocycles. The molecule has 1 aromatic heterocycles. The first-order valence-corrected chi connectivity index (χ1v) is 9.83. The lowest BCUT2D eigenvalue weighted by Gasteiger charge is -2.23. The summed E-state index contributed by atoms with van der Waals surface area (Å²) < 4.78 is 28.2. The van der Waals surface area contributed by atoms with E-state index in [0.717, 1.165) is 10.9 Å². The molecule has 26 heavy (non-hydrogen) atoms. The molecule has 0 bridgehead atoms. The zero-order valence-corrected chi connectivity index (χ0v) is 16.3. The molecule has 0 unspecified atom stereocenters. The van der Waals surface area contributed by atoms with Gasteiger partial charge in [-0.3, -0.25) is 0 Å². The van der Waals surface area contributed by atoms with Gasteiger partial charge < -0.3 is 5.11 Å². The summed E-state index contributed by atoms with van der Waals surface area (Å²) in [6.07, 6.45) is 0. The van der Waals surface area contributed by atoms with Crippen molar-refractivity contribution in [2.24, 2.45) is 0 Å². The Morgan fingerprint density at radius 2 is 1.65 bits per heavy atom. The smallest absolute Gasteiger partial charge is 0.268 e. The fraction of sp³-hybridized carbons (Fsp3) is 0.238. The average molecular weight is 369 g/mol. The van der Waals surface area contributed by atoms with E-state index in [0.29, 0.717) is 22.3 Å². The quantitative estimate of drug-likeness (QED) is 0.739. The predicted octanol–water partition coefficient (Wildman–Crippen LogP) is 4.45. The number of para-hydroxylation sites is 1. The molecule has 0 fully saturated rings. The van der Waals surface area contributed by atoms with Gasteiger partial charge in [-0.25, -0.2) is 12.4 Å². The summed E-state index contributed by atoms with van der Waals surface area (Å²) in [4.78, 5) is 0.183. The van der Waals surface area contributed by atoms with Gasteiger partial charge in [0.15, 0.2) is 0 Å². The van der Waals surface area contributed by atoms with Crippen molar-refractivity contribution >= 4 is 26.5 Å². The van der Waals surface area contributed by atoms with Crippen LogP contribution in [0.15, 0.2) is 60.0 Å². The zero-order chi connectivity index (χ0) is 19.3. The monoisotopic (exact) mass is 369 g/mol. The Bertz CT molecular complexity index is 1100. The van der Waals surface area contributed by atoms with Gasteiger partial charge >= 0.3 is 0 Å². The molecule has 0 atom stereocenters. The maximum Gasteiger partial charge on any atom is 0.268 e. The van der Waals surface area contributed by atoms with E-state index in [2.05, 4.69) is 6.58 Å². The predicted molar refractivity (Wildman–Crippen MR) is 106 cm³/mol. The number of hydrogen-bond acceptors (Lipinski definition) is 3. The van der Waals surface area contributed by atoms with Crippen molar-refractivity contribution in [2.75, 3.05) is 0 Å². The van der Waals surface area contributed by atoms with Crippen LogP contribution in [-0.2, 0) is 15.6 Å². The van der Waals surface area contributed by atoms with E-state index in [1.807, 2.05) is 26.0 Å². The number of hydrogen-bond donors (Lipinski definition) is 1. The normalized spacial score (nSPS) is 12.5. The molecule has 1 N–H and O–H groups in total. The van der Waals surface area contributed by atoms with Crippen molar-refractivity contribution in [3.8, 4) is 0 Å². The van der Waals surface area contributed by atoms with E-state index in [1.54, 1.807) is 50.2 Å². The second kappa shape index (κ2) is 6.11. The maximum atomic E-state index is 13.5. The Morgan fingerprint density at radius 1 is 1.08 bits per heavy atom. The second-order valence-corrected chi connectivity index (χ2v) is 8.95. The Morgan fingerprint density at radius 3 is 2.19 bits per heavy atom. The summed E-state index contributed by atoms with van der Waals surface area (Å²) in [5, 5.41) is 11.6. The molecule has 3 aromatic rings. The molecule has 3 rings (SSSR count). The molecular weight excluding hydrogens is 346 g/mol. The van der Waals surface area contributed by atoms with Gasteiger partial charge in [-0.2, -0.15) is 0 Å². The maximum absolute atomic E-state index is 13.5. The van der Waals surface area contributed by atoms with E-state index in [9.17, 15) is 13.5 Å². The first kappa shape index (κ1) is 18.4. The second-order valence-electron chi connectivity index (χ2n) is 7.16. The van der Waals surface area contributed by atoms with Crippen LogP contribution >= 0.6 is 0 Å². The van der Waals surface area contributed by atoms with Gasteiger partial charge in [0.1, 0.15) is 5.60 Å². The lowest BCUT2D eigenvalue weighted by molar-refractivity contribution is 0.0730. The van der Waals surface area contributed by atoms with Gasteiger partial charge in [0.25, 0.3) is 10.0 Å². The van der Waals surface area contributed by atoms with Crippen molar-refractivity contribution in [1.29, 1.82) is 0 Å². The number of aromatic nitrogens is 1. The van der Waals surface area contributed by atoms with Gasteiger partial charge in [-0.1, -0.05) is 42.5 Å². The van der Waals surface area contributed by atoms with Crippen LogP contribution in [0.25, 0.3) is 16.5 Å². The minimum absolute atomic E-state index is 0.183. The van der Waals surface area contributed by atoms with Crippen molar-refractivity contribution in [3.63, 3.8) is 0 Å². The fourth-order valence-electron chi connectivity index (χ4n) is 3.26. The van der Waals surface area contributed by atoms with Gasteiger partial charge in [0, 0.05) is 10.9 Å². The lowest BCUT2D eigenvalue weighted by Crippen LogP contribution is -2.26. The van der Waals surface area contributed by atoms with Crippen molar-refractivity contribution in [1.82, 2.24) is 3.97 Å². The average Bonchev–Trinajstić information content (AvgIpc) is 2.91. The van der Waals surface area contributed by atoms with E-state index in [1.165, 1.54) is 3.97 Å². The Kier molecular flexibility index (Phi) is 4.33. The summed E-state index contributed by atoms with van der Waals surface area (Å²) in [5.41, 5.74) is 1.84. The van der Waals surface area contributed by atoms with Crippen LogP contribution in [0.5, 0.6) is 0 Å². The highest BCUT2D eigenvalue weighted by Crippen LogP contribution is 2.39. The number of rotatable bonds is 4. The highest BCUT2D eigenvalue weighted by molar-refractivity contribution is 7.90. The largest absolute Gasteiger partial charge is 0.384 e. The summed E-state index contributed by atoms with van der Waals surface area (Å²) >= 11 is 0. The number of allylic oxidation sites excluding steroid dienone is 1. The number of benzene rings is 2. The molecule has 0 saturated heterocycles. The van der Waals surface area contributed by atoms with Crippen LogP contribution in [0, 0.1) is 6.92 Å². The molecule has 136 valence electrons. The molecule has 0 amide bonds. The molecule has 1 heterocycles. The van der Waals surface area contributed by atoms with Crippen LogP contribution < -0.4 is 0 Å². The van der Waals surface area contributed by atoms with Crippen LogP contribution in [0.2, 0.25) is 0 Å². The molecular formula is C21H23NO3S. The SMILES string of the molecule is C=C(C)c1c(C(C)(C)O)n(S(=O)(=O)c2ccc(C)cc2)c2ccccc12. The van der Waals surface area contributed by atoms with Crippen molar-refractivity contribution in [3.05, 3.63) is 71.9 Å². The minimum atomic E-state index is -3.89. The lowest BCUT2D eigenvalue weighted by atomic mass is 9.96. The standard InChI is InChI=1S/C21H23NO3S/c1-14(2)19-17-8-6-7-9-18(17)22(20(19)21(4,5)23)26(24,25)16-12-10-15(3)11-13-16/h6-13,23H,1H2,2-5H3. The topological polar surface area (TPSA) is 59.3 Å². The summed E-state index contributed by atoms with van der Waals surface area (Å²) in [5.74, 6) is 0.